The van der Waals surface area contributed by atoms with Crippen LogP contribution in [0.15, 0.2) is 36.4 Å². The van der Waals surface area contributed by atoms with Crippen LogP contribution in [-0.2, 0) is 4.74 Å². The lowest BCUT2D eigenvalue weighted by Crippen LogP contribution is -2.28. The number of thiophene rings is 4. The molecule has 3 unspecified atom stereocenters. The van der Waals surface area contributed by atoms with Crippen LogP contribution in [0, 0.1) is 27.7 Å². The zero-order chi connectivity index (χ0) is 31.6. The van der Waals surface area contributed by atoms with Gasteiger partial charge in [0.1, 0.15) is 5.60 Å². The summed E-state index contributed by atoms with van der Waals surface area (Å²) in [6, 6.07) is 11.9. The molecule has 0 aromatic carbocycles. The molecule has 226 valence electrons. The standard InChI is InChI=1S/C18H24O2S2.C11H10O2S2.CH7P3.H2/c1-6-7-10-18(4,5)20-17(19)14-11-13(3)22-16(14)15-9-8-12(2)21-15;1-6-3-4-9(14-6)10-8(11(12)13)5-7(2)15-10;1-4(2)3;/h8-9,11H,6-7,10H2,1-5H3;3-5H,1-2H3,(H,12,13);2-3H2,1H3;1H/i;;2T;1+1. The van der Waals surface area contributed by atoms with Gasteiger partial charge < -0.3 is 9.84 Å². The second kappa shape index (κ2) is 16.8. The molecule has 0 amide bonds. The summed E-state index contributed by atoms with van der Waals surface area (Å²) in [5.41, 5.74) is 0.708. The van der Waals surface area contributed by atoms with E-state index in [-0.39, 0.29) is 14.7 Å². The van der Waals surface area contributed by atoms with Crippen molar-refractivity contribution in [3.63, 3.8) is 0 Å². The lowest BCUT2D eigenvalue weighted by molar-refractivity contribution is -0.00520. The molecule has 0 saturated heterocycles. The van der Waals surface area contributed by atoms with E-state index in [4.69, 9.17) is 11.1 Å². The Balaban J connectivity index is 0.000000381. The zero-order valence-corrected chi connectivity index (χ0v) is 31.2. The van der Waals surface area contributed by atoms with Gasteiger partial charge in [-0.3, -0.25) is 0 Å². The molecule has 41 heavy (non-hydrogen) atoms. The van der Waals surface area contributed by atoms with E-state index < -0.39 is 11.6 Å². The van der Waals surface area contributed by atoms with Gasteiger partial charge in [0.25, 0.3) is 0 Å². The molecule has 0 radical (unpaired) electrons. The van der Waals surface area contributed by atoms with Gasteiger partial charge in [-0.25, -0.2) is 9.59 Å². The quantitative estimate of drug-likeness (QED) is 0.140. The number of aromatic carboxylic acids is 1. The van der Waals surface area contributed by atoms with Crippen molar-refractivity contribution < 1.29 is 20.9 Å². The third kappa shape index (κ3) is 11.9. The fraction of sp³-hybridized carbons (Fsp3) is 0.400. The Bertz CT molecular complexity index is 1460. The summed E-state index contributed by atoms with van der Waals surface area (Å²) in [7, 11) is 3.03. The molecule has 0 fully saturated rings. The van der Waals surface area contributed by atoms with Gasteiger partial charge in [0.2, 0.25) is 0 Å². The lowest BCUT2D eigenvalue weighted by atomic mass is 10.0. The number of carboxylic acids is 1. The van der Waals surface area contributed by atoms with Gasteiger partial charge in [-0.15, -0.1) is 63.1 Å². The molecule has 0 aliphatic carbocycles. The number of esters is 1. The maximum atomic E-state index is 12.6. The van der Waals surface area contributed by atoms with Crippen LogP contribution >= 0.6 is 70.4 Å². The fourth-order valence-corrected chi connectivity index (χ4v) is 7.76. The van der Waals surface area contributed by atoms with Gasteiger partial charge in [0, 0.05) is 30.7 Å². The molecule has 4 aromatic rings. The van der Waals surface area contributed by atoms with E-state index >= 15 is 0 Å². The molecule has 4 aromatic heterocycles. The molecular weight excluding hydrogens is 646 g/mol. The molecule has 3 atom stereocenters. The first-order chi connectivity index (χ1) is 19.7. The largest absolute Gasteiger partial charge is 0.478 e. The molecule has 0 aliphatic heterocycles. The monoisotopic (exact) mass is 691 g/mol. The Morgan fingerprint density at radius 1 is 0.927 bits per heavy atom. The molecular formula is C30H43O4P3S4. The average molecular weight is 692 g/mol. The van der Waals surface area contributed by atoms with E-state index in [0.717, 1.165) is 48.5 Å². The van der Waals surface area contributed by atoms with Crippen LogP contribution in [0.5, 0.6) is 0 Å². The number of rotatable bonds is 9. The highest BCUT2D eigenvalue weighted by Crippen LogP contribution is 2.48. The summed E-state index contributed by atoms with van der Waals surface area (Å²) in [6.45, 7) is 16.3. The van der Waals surface area contributed by atoms with Gasteiger partial charge in [-0.1, -0.05) is 20.6 Å². The lowest BCUT2D eigenvalue weighted by Gasteiger charge is -2.25. The second-order valence-corrected chi connectivity index (χ2v) is 22.5. The van der Waals surface area contributed by atoms with Gasteiger partial charge in [0.15, 0.2) is 0 Å². The first kappa shape index (κ1) is 34.5. The van der Waals surface area contributed by atoms with Crippen molar-refractivity contribution in [3.05, 3.63) is 67.0 Å². The zero-order valence-electron chi connectivity index (χ0n) is 25.9. The minimum atomic E-state index is -0.847. The number of ether oxygens (including phenoxy) is 1. The Morgan fingerprint density at radius 2 is 1.39 bits per heavy atom. The summed E-state index contributed by atoms with van der Waals surface area (Å²) in [5, 5.41) is 9.06. The van der Waals surface area contributed by atoms with E-state index in [0.29, 0.717) is 20.0 Å². The smallest absolute Gasteiger partial charge is 0.340 e. The number of carboxylic acid groups (broad SMARTS) is 1. The number of hydrogen-bond donors (Lipinski definition) is 1. The normalized spacial score (nSPS) is 12.3. The van der Waals surface area contributed by atoms with Gasteiger partial charge >= 0.3 is 11.9 Å². The van der Waals surface area contributed by atoms with Crippen LogP contribution in [0.25, 0.3) is 19.5 Å². The number of carbonyl (C=O) groups excluding carboxylic acids is 1. The van der Waals surface area contributed by atoms with E-state index in [1.54, 1.807) is 40.1 Å². The van der Waals surface area contributed by atoms with E-state index in [1.807, 2.05) is 52.8 Å². The van der Waals surface area contributed by atoms with Crippen molar-refractivity contribution in [2.24, 2.45) is 0 Å². The van der Waals surface area contributed by atoms with Crippen molar-refractivity contribution in [1.29, 1.82) is 1.28 Å². The third-order valence-electron chi connectivity index (χ3n) is 5.59. The van der Waals surface area contributed by atoms with Crippen molar-refractivity contribution in [1.82, 2.24) is 0 Å². The molecule has 1 N–H and O–H groups in total. The Hall–Kier alpha value is -0.970. The fourth-order valence-electron chi connectivity index (χ4n) is 3.78. The third-order valence-corrected chi connectivity index (χ3v) is 10.1. The highest BCUT2D eigenvalue weighted by atomic mass is 32.4. The SMILES string of the molecule is CCCCC(C)(C)OC(=O)c1cc(C)sc1-c1ccc(C)s1.Cc1ccc(-c2sc(C)cc2C(=O)O)s1.[2HH].[3H]PP(C)P. The van der Waals surface area contributed by atoms with E-state index in [2.05, 4.69) is 41.6 Å². The van der Waals surface area contributed by atoms with Crippen LogP contribution in [0.1, 0.15) is 81.7 Å². The average Bonchev–Trinajstić information content (AvgIpc) is 3.70. The van der Waals surface area contributed by atoms with Crippen LogP contribution in [0.4, 0.5) is 0 Å². The summed E-state index contributed by atoms with van der Waals surface area (Å²) >= 11 is 6.55. The minimum absolute atomic E-state index is 0. The van der Waals surface area contributed by atoms with Gasteiger partial charge in [-0.2, -0.15) is 0 Å². The Kier molecular flexibility index (Phi) is 14.1. The first-order valence-corrected chi connectivity index (χ1v) is 21.2. The Morgan fingerprint density at radius 3 is 1.78 bits per heavy atom. The number of aryl methyl sites for hydroxylation is 4. The maximum absolute atomic E-state index is 12.6. The number of hydrogen-bond acceptors (Lipinski definition) is 7. The van der Waals surface area contributed by atoms with Crippen molar-refractivity contribution in [3.8, 4) is 19.5 Å². The van der Waals surface area contributed by atoms with E-state index in [1.165, 1.54) is 21.1 Å². The van der Waals surface area contributed by atoms with Crippen molar-refractivity contribution in [2.75, 3.05) is 6.66 Å². The summed E-state index contributed by atoms with van der Waals surface area (Å²) in [5.74, 6) is -1.05. The summed E-state index contributed by atoms with van der Waals surface area (Å²) < 4.78 is 12.5. The second-order valence-electron chi connectivity index (χ2n) is 10.2. The van der Waals surface area contributed by atoms with Crippen LogP contribution < -0.4 is 0 Å². The van der Waals surface area contributed by atoms with Crippen LogP contribution in [0.2, 0.25) is 0 Å². The molecule has 0 aliphatic rings. The topological polar surface area (TPSA) is 63.6 Å². The molecule has 0 spiro atoms. The first-order valence-electron chi connectivity index (χ1n) is 13.6. The molecule has 0 saturated carbocycles. The molecule has 4 rings (SSSR count). The molecule has 4 nitrogen and oxygen atoms in total. The predicted molar refractivity (Wildman–Crippen MR) is 195 cm³/mol. The number of carbonyl (C=O) groups is 2. The highest BCUT2D eigenvalue weighted by Gasteiger charge is 2.26. The van der Waals surface area contributed by atoms with Crippen LogP contribution in [-0.4, -0.2) is 30.6 Å². The predicted octanol–water partition coefficient (Wildman–Crippen LogP) is 11.9. The maximum Gasteiger partial charge on any atom is 0.340 e. The minimum Gasteiger partial charge on any atom is -0.478 e. The number of unbranched alkanes of at least 4 members (excludes halogenated alkanes) is 1. The summed E-state index contributed by atoms with van der Waals surface area (Å²) in [4.78, 5) is 32.4. The molecule has 11 heteroatoms. The molecule has 4 heterocycles. The van der Waals surface area contributed by atoms with E-state index in [9.17, 15) is 9.59 Å². The summed E-state index contributed by atoms with van der Waals surface area (Å²) in [6.07, 6.45) is 3.07. The van der Waals surface area contributed by atoms with Crippen molar-refractivity contribution in [2.45, 2.75) is 73.3 Å². The Labute approximate surface area is 269 Å². The van der Waals surface area contributed by atoms with Gasteiger partial charge in [-0.05, 0) is 97.4 Å². The van der Waals surface area contributed by atoms with Crippen LogP contribution in [0.3, 0.4) is 0 Å². The molecule has 0 bridgehead atoms. The van der Waals surface area contributed by atoms with Crippen molar-refractivity contribution >= 4 is 82.4 Å². The van der Waals surface area contributed by atoms with Gasteiger partial charge in [0.05, 0.1) is 22.2 Å². The highest BCUT2D eigenvalue weighted by molar-refractivity contribution is 8.43.